The fraction of sp³-hybridized carbons (Fsp3) is 0.333. The molecule has 0 aliphatic carbocycles. The minimum Gasteiger partial charge on any atom is -0.326 e. The van der Waals surface area contributed by atoms with E-state index in [0.717, 1.165) is 27.2 Å². The molecule has 0 spiro atoms. The Morgan fingerprint density at radius 2 is 2.14 bits per heavy atom. The van der Waals surface area contributed by atoms with Crippen molar-refractivity contribution in [3.63, 3.8) is 0 Å². The zero-order chi connectivity index (χ0) is 15.4. The Balaban J connectivity index is 2.19. The quantitative estimate of drug-likeness (QED) is 0.830. The standard InChI is InChI=1S/C15H18BrN3OS/c1-9(2)21-8-12-7-14(20)19-15(18-12)17-11-4-5-13(16)10(3)6-11/h4-7,9H,8H2,1-3H3,(H2,17,18,19,20). The Morgan fingerprint density at radius 3 is 2.81 bits per heavy atom. The molecule has 112 valence electrons. The maximum absolute atomic E-state index is 11.7. The fourth-order valence-electron chi connectivity index (χ4n) is 1.75. The van der Waals surface area contributed by atoms with Gasteiger partial charge in [0.1, 0.15) is 0 Å². The number of thioether (sulfide) groups is 1. The van der Waals surface area contributed by atoms with E-state index in [9.17, 15) is 4.79 Å². The Labute approximate surface area is 136 Å². The minimum absolute atomic E-state index is 0.138. The molecule has 0 atom stereocenters. The summed E-state index contributed by atoms with van der Waals surface area (Å²) in [6, 6.07) is 7.45. The lowest BCUT2D eigenvalue weighted by Crippen LogP contribution is -2.12. The SMILES string of the molecule is Cc1cc(Nc2nc(CSC(C)C)cc(=O)[nH]2)ccc1Br. The van der Waals surface area contributed by atoms with Crippen LogP contribution in [0.15, 0.2) is 33.5 Å². The summed E-state index contributed by atoms with van der Waals surface area (Å²) in [6.07, 6.45) is 0. The second-order valence-corrected chi connectivity index (χ2v) is 7.45. The zero-order valence-electron chi connectivity index (χ0n) is 12.2. The van der Waals surface area contributed by atoms with Gasteiger partial charge in [0.2, 0.25) is 5.95 Å². The van der Waals surface area contributed by atoms with Gasteiger partial charge in [0.25, 0.3) is 5.56 Å². The number of aryl methyl sites for hydroxylation is 1. The van der Waals surface area contributed by atoms with Crippen molar-refractivity contribution in [2.45, 2.75) is 31.8 Å². The van der Waals surface area contributed by atoms with Gasteiger partial charge < -0.3 is 5.32 Å². The molecule has 0 radical (unpaired) electrons. The zero-order valence-corrected chi connectivity index (χ0v) is 14.6. The number of rotatable bonds is 5. The Bertz CT molecular complexity index is 685. The highest BCUT2D eigenvalue weighted by Crippen LogP contribution is 2.22. The molecule has 1 aromatic heterocycles. The molecule has 6 heteroatoms. The molecule has 0 aliphatic heterocycles. The lowest BCUT2D eigenvalue weighted by atomic mass is 10.2. The smallest absolute Gasteiger partial charge is 0.252 e. The number of halogens is 1. The van der Waals surface area contributed by atoms with Gasteiger partial charge in [-0.3, -0.25) is 9.78 Å². The Kier molecular flexibility index (Phi) is 5.47. The molecule has 1 aromatic carbocycles. The van der Waals surface area contributed by atoms with Crippen molar-refractivity contribution in [3.8, 4) is 0 Å². The average molecular weight is 368 g/mol. The van der Waals surface area contributed by atoms with E-state index in [0.29, 0.717) is 11.2 Å². The summed E-state index contributed by atoms with van der Waals surface area (Å²) < 4.78 is 1.05. The third kappa shape index (κ3) is 4.89. The van der Waals surface area contributed by atoms with Crippen molar-refractivity contribution in [2.75, 3.05) is 5.32 Å². The van der Waals surface area contributed by atoms with Crippen molar-refractivity contribution < 1.29 is 0 Å². The molecule has 0 unspecified atom stereocenters. The van der Waals surface area contributed by atoms with Crippen molar-refractivity contribution >= 4 is 39.3 Å². The van der Waals surface area contributed by atoms with Crippen molar-refractivity contribution in [3.05, 3.63) is 50.3 Å². The van der Waals surface area contributed by atoms with E-state index < -0.39 is 0 Å². The van der Waals surface area contributed by atoms with Crippen LogP contribution in [0.25, 0.3) is 0 Å². The Hall–Kier alpha value is -1.27. The number of hydrogen-bond donors (Lipinski definition) is 2. The van der Waals surface area contributed by atoms with Gasteiger partial charge in [-0.1, -0.05) is 29.8 Å². The molecule has 0 fully saturated rings. The lowest BCUT2D eigenvalue weighted by Gasteiger charge is -2.09. The van der Waals surface area contributed by atoms with Gasteiger partial charge in [0.05, 0.1) is 5.69 Å². The van der Waals surface area contributed by atoms with E-state index >= 15 is 0 Å². The molecule has 21 heavy (non-hydrogen) atoms. The normalized spacial score (nSPS) is 10.9. The van der Waals surface area contributed by atoms with Crippen LogP contribution in [0.1, 0.15) is 25.1 Å². The van der Waals surface area contributed by atoms with Crippen LogP contribution in [0.2, 0.25) is 0 Å². The molecule has 1 heterocycles. The van der Waals surface area contributed by atoms with Gasteiger partial charge in [0, 0.05) is 22.0 Å². The number of aromatic amines is 1. The van der Waals surface area contributed by atoms with Crippen LogP contribution in [0, 0.1) is 6.92 Å². The number of anilines is 2. The summed E-state index contributed by atoms with van der Waals surface area (Å²) in [7, 11) is 0. The number of aromatic nitrogens is 2. The molecular formula is C15H18BrN3OS. The molecule has 0 bridgehead atoms. The summed E-state index contributed by atoms with van der Waals surface area (Å²) in [5.41, 5.74) is 2.66. The molecule has 0 saturated heterocycles. The minimum atomic E-state index is -0.138. The second-order valence-electron chi connectivity index (χ2n) is 5.03. The summed E-state index contributed by atoms with van der Waals surface area (Å²) in [6.45, 7) is 6.27. The number of H-pyrrole nitrogens is 1. The first kappa shape index (κ1) is 16.1. The topological polar surface area (TPSA) is 57.8 Å². The van der Waals surface area contributed by atoms with Crippen LogP contribution in [0.5, 0.6) is 0 Å². The Morgan fingerprint density at radius 1 is 1.38 bits per heavy atom. The molecular weight excluding hydrogens is 350 g/mol. The first-order valence-corrected chi connectivity index (χ1v) is 8.53. The van der Waals surface area contributed by atoms with Crippen LogP contribution in [-0.4, -0.2) is 15.2 Å². The van der Waals surface area contributed by atoms with Crippen molar-refractivity contribution in [1.82, 2.24) is 9.97 Å². The number of nitrogens with zero attached hydrogens (tertiary/aromatic N) is 1. The molecule has 0 amide bonds. The van der Waals surface area contributed by atoms with E-state index in [1.54, 1.807) is 17.8 Å². The highest BCUT2D eigenvalue weighted by atomic mass is 79.9. The molecule has 2 N–H and O–H groups in total. The monoisotopic (exact) mass is 367 g/mol. The van der Waals surface area contributed by atoms with Gasteiger partial charge >= 0.3 is 0 Å². The molecule has 2 rings (SSSR count). The second kappa shape index (κ2) is 7.13. The number of nitrogens with one attached hydrogen (secondary N) is 2. The van der Waals surface area contributed by atoms with Gasteiger partial charge in [-0.15, -0.1) is 0 Å². The van der Waals surface area contributed by atoms with Crippen LogP contribution in [-0.2, 0) is 5.75 Å². The highest BCUT2D eigenvalue weighted by molar-refractivity contribution is 9.10. The maximum Gasteiger partial charge on any atom is 0.252 e. The van der Waals surface area contributed by atoms with Crippen LogP contribution < -0.4 is 10.9 Å². The number of hydrogen-bond acceptors (Lipinski definition) is 4. The third-order valence-corrected chi connectivity index (χ3v) is 4.80. The van der Waals surface area contributed by atoms with E-state index in [1.165, 1.54) is 0 Å². The maximum atomic E-state index is 11.7. The largest absolute Gasteiger partial charge is 0.326 e. The van der Waals surface area contributed by atoms with Gasteiger partial charge in [0.15, 0.2) is 0 Å². The van der Waals surface area contributed by atoms with E-state index in [4.69, 9.17) is 0 Å². The summed E-state index contributed by atoms with van der Waals surface area (Å²) in [5, 5.41) is 3.65. The molecule has 0 saturated carbocycles. The first-order chi connectivity index (χ1) is 9.94. The van der Waals surface area contributed by atoms with E-state index in [2.05, 4.69) is 45.1 Å². The van der Waals surface area contributed by atoms with Crippen molar-refractivity contribution in [2.24, 2.45) is 0 Å². The molecule has 0 aliphatic rings. The van der Waals surface area contributed by atoms with Crippen LogP contribution in [0.3, 0.4) is 0 Å². The highest BCUT2D eigenvalue weighted by Gasteiger charge is 2.04. The fourth-order valence-corrected chi connectivity index (χ4v) is 2.65. The predicted molar refractivity (Wildman–Crippen MR) is 93.5 cm³/mol. The predicted octanol–water partition coefficient (Wildman–Crippen LogP) is 4.23. The molecule has 4 nitrogen and oxygen atoms in total. The van der Waals surface area contributed by atoms with E-state index in [1.807, 2.05) is 25.1 Å². The van der Waals surface area contributed by atoms with Gasteiger partial charge in [-0.2, -0.15) is 11.8 Å². The van der Waals surface area contributed by atoms with Crippen LogP contribution >= 0.6 is 27.7 Å². The lowest BCUT2D eigenvalue weighted by molar-refractivity contribution is 1.05. The molecule has 2 aromatic rings. The third-order valence-electron chi connectivity index (χ3n) is 2.78. The van der Waals surface area contributed by atoms with Crippen LogP contribution in [0.4, 0.5) is 11.6 Å². The summed E-state index contributed by atoms with van der Waals surface area (Å²) in [5.74, 6) is 1.21. The van der Waals surface area contributed by atoms with Gasteiger partial charge in [-0.25, -0.2) is 4.98 Å². The summed E-state index contributed by atoms with van der Waals surface area (Å²) in [4.78, 5) is 18.9. The first-order valence-electron chi connectivity index (χ1n) is 6.69. The van der Waals surface area contributed by atoms with E-state index in [-0.39, 0.29) is 5.56 Å². The van der Waals surface area contributed by atoms with Gasteiger partial charge in [-0.05, 0) is 35.9 Å². The summed E-state index contributed by atoms with van der Waals surface area (Å²) >= 11 is 5.23. The van der Waals surface area contributed by atoms with Crippen molar-refractivity contribution in [1.29, 1.82) is 0 Å². The average Bonchev–Trinajstić information content (AvgIpc) is 2.40. The number of benzene rings is 1.